The lowest BCUT2D eigenvalue weighted by Gasteiger charge is -2.11. The molecule has 0 saturated carbocycles. The van der Waals surface area contributed by atoms with E-state index in [0.29, 0.717) is 23.5 Å². The maximum atomic E-state index is 11.1. The molecule has 1 aromatic rings. The van der Waals surface area contributed by atoms with Crippen LogP contribution >= 0.6 is 0 Å². The van der Waals surface area contributed by atoms with Crippen molar-refractivity contribution in [2.45, 2.75) is 6.42 Å². The Morgan fingerprint density at radius 2 is 1.94 bits per heavy atom. The van der Waals surface area contributed by atoms with Gasteiger partial charge in [0.2, 0.25) is 5.91 Å². The lowest BCUT2D eigenvalue weighted by Crippen LogP contribution is -2.19. The summed E-state index contributed by atoms with van der Waals surface area (Å²) in [5.74, 6) is -1.00. The zero-order valence-corrected chi connectivity index (χ0v) is 8.69. The Morgan fingerprint density at radius 3 is 2.50 bits per heavy atom. The first-order valence-electron chi connectivity index (χ1n) is 4.73. The highest BCUT2D eigenvalue weighted by Gasteiger charge is 2.10. The molecule has 0 atom stereocenters. The van der Waals surface area contributed by atoms with Gasteiger partial charge < -0.3 is 22.5 Å². The van der Waals surface area contributed by atoms with Crippen molar-refractivity contribution in [2.24, 2.45) is 11.5 Å². The van der Waals surface area contributed by atoms with Gasteiger partial charge in [-0.3, -0.25) is 9.59 Å². The minimum Gasteiger partial charge on any atom is -0.397 e. The molecule has 0 unspecified atom stereocenters. The number of rotatable bonds is 5. The molecule has 6 heteroatoms. The summed E-state index contributed by atoms with van der Waals surface area (Å²) >= 11 is 0. The first-order chi connectivity index (χ1) is 7.52. The first-order valence-corrected chi connectivity index (χ1v) is 4.73. The maximum Gasteiger partial charge on any atom is 0.250 e. The van der Waals surface area contributed by atoms with Crippen LogP contribution in [0.15, 0.2) is 18.2 Å². The van der Waals surface area contributed by atoms with E-state index in [1.807, 2.05) is 0 Å². The molecule has 0 heterocycles. The Bertz CT molecular complexity index is 417. The summed E-state index contributed by atoms with van der Waals surface area (Å²) < 4.78 is 0. The molecule has 0 spiro atoms. The van der Waals surface area contributed by atoms with E-state index < -0.39 is 11.8 Å². The second-order valence-corrected chi connectivity index (χ2v) is 3.28. The van der Waals surface area contributed by atoms with E-state index in [1.54, 1.807) is 18.2 Å². The van der Waals surface area contributed by atoms with E-state index in [1.165, 1.54) is 0 Å². The molecule has 0 aliphatic heterocycles. The van der Waals surface area contributed by atoms with Crippen LogP contribution in [0.5, 0.6) is 0 Å². The Morgan fingerprint density at radius 1 is 1.25 bits per heavy atom. The van der Waals surface area contributed by atoms with Crippen molar-refractivity contribution in [2.75, 3.05) is 17.6 Å². The normalized spacial score (nSPS) is 9.75. The van der Waals surface area contributed by atoms with E-state index >= 15 is 0 Å². The highest BCUT2D eigenvalue weighted by Crippen LogP contribution is 2.22. The Kier molecular flexibility index (Phi) is 3.71. The molecule has 0 aliphatic rings. The number of para-hydroxylation sites is 1. The lowest BCUT2D eigenvalue weighted by molar-refractivity contribution is -0.117. The monoisotopic (exact) mass is 222 g/mol. The van der Waals surface area contributed by atoms with Crippen molar-refractivity contribution >= 4 is 23.2 Å². The molecule has 0 saturated heterocycles. The molecule has 0 aliphatic carbocycles. The smallest absolute Gasteiger partial charge is 0.250 e. The summed E-state index contributed by atoms with van der Waals surface area (Å²) in [6.45, 7) is 0.309. The number of amides is 2. The summed E-state index contributed by atoms with van der Waals surface area (Å²) in [7, 11) is 0. The van der Waals surface area contributed by atoms with Crippen LogP contribution in [0.2, 0.25) is 0 Å². The minimum atomic E-state index is -0.575. The van der Waals surface area contributed by atoms with Gasteiger partial charge in [-0.15, -0.1) is 0 Å². The summed E-state index contributed by atoms with van der Waals surface area (Å²) in [6.07, 6.45) is 0.159. The van der Waals surface area contributed by atoms with Gasteiger partial charge in [0.25, 0.3) is 5.91 Å². The number of carbonyl (C=O) groups excluding carboxylic acids is 2. The number of nitrogens with two attached hydrogens (primary N) is 3. The van der Waals surface area contributed by atoms with Crippen molar-refractivity contribution in [1.29, 1.82) is 0 Å². The van der Waals surface area contributed by atoms with Gasteiger partial charge in [-0.2, -0.15) is 0 Å². The standard InChI is InChI=1S/C10H14N4O2/c11-7-3-1-2-6(10(13)16)9(7)14-5-4-8(12)15/h1-3,14H,4-5,11H2,(H2,12,15)(H2,13,16). The first kappa shape index (κ1) is 11.8. The summed E-state index contributed by atoms with van der Waals surface area (Å²) in [6, 6.07) is 4.83. The lowest BCUT2D eigenvalue weighted by atomic mass is 10.1. The Balaban J connectivity index is 2.84. The topological polar surface area (TPSA) is 124 Å². The second kappa shape index (κ2) is 5.01. The quantitative estimate of drug-likeness (QED) is 0.508. The zero-order chi connectivity index (χ0) is 12.1. The highest BCUT2D eigenvalue weighted by molar-refractivity contribution is 6.01. The number of primary amides is 2. The third-order valence-electron chi connectivity index (χ3n) is 2.04. The molecule has 6 nitrogen and oxygen atoms in total. The van der Waals surface area contributed by atoms with Gasteiger partial charge in [-0.05, 0) is 12.1 Å². The SMILES string of the molecule is NC(=O)CCNc1c(N)cccc1C(N)=O. The molecular formula is C10H14N4O2. The van der Waals surface area contributed by atoms with Gasteiger partial charge >= 0.3 is 0 Å². The summed E-state index contributed by atoms with van der Waals surface area (Å²) in [5.41, 5.74) is 17.0. The van der Waals surface area contributed by atoms with E-state index in [2.05, 4.69) is 5.32 Å². The van der Waals surface area contributed by atoms with Crippen molar-refractivity contribution in [3.63, 3.8) is 0 Å². The maximum absolute atomic E-state index is 11.1. The van der Waals surface area contributed by atoms with Crippen molar-refractivity contribution < 1.29 is 9.59 Å². The second-order valence-electron chi connectivity index (χ2n) is 3.28. The van der Waals surface area contributed by atoms with E-state index in [9.17, 15) is 9.59 Å². The van der Waals surface area contributed by atoms with Gasteiger partial charge in [-0.25, -0.2) is 0 Å². The molecule has 1 aromatic carbocycles. The molecule has 0 fully saturated rings. The number of hydrogen-bond donors (Lipinski definition) is 4. The van der Waals surface area contributed by atoms with Crippen LogP contribution in [-0.2, 0) is 4.79 Å². The average Bonchev–Trinajstić information content (AvgIpc) is 2.19. The number of nitrogen functional groups attached to an aromatic ring is 1. The highest BCUT2D eigenvalue weighted by atomic mass is 16.1. The van der Waals surface area contributed by atoms with Gasteiger partial charge in [0.05, 0.1) is 16.9 Å². The van der Waals surface area contributed by atoms with Crippen LogP contribution in [0.4, 0.5) is 11.4 Å². The molecular weight excluding hydrogens is 208 g/mol. The molecule has 0 bridgehead atoms. The predicted molar refractivity (Wildman–Crippen MR) is 61.7 cm³/mol. The summed E-state index contributed by atoms with van der Waals surface area (Å²) in [5, 5.41) is 2.87. The van der Waals surface area contributed by atoms with Crippen LogP contribution in [-0.4, -0.2) is 18.4 Å². The average molecular weight is 222 g/mol. The molecule has 7 N–H and O–H groups in total. The van der Waals surface area contributed by atoms with Crippen molar-refractivity contribution in [3.05, 3.63) is 23.8 Å². The van der Waals surface area contributed by atoms with Crippen LogP contribution in [0.25, 0.3) is 0 Å². The number of anilines is 2. The fourth-order valence-electron chi connectivity index (χ4n) is 1.28. The third-order valence-corrected chi connectivity index (χ3v) is 2.04. The van der Waals surface area contributed by atoms with Gasteiger partial charge in [-0.1, -0.05) is 6.07 Å². The van der Waals surface area contributed by atoms with Crippen LogP contribution < -0.4 is 22.5 Å². The fraction of sp³-hybridized carbons (Fsp3) is 0.200. The third kappa shape index (κ3) is 2.88. The Hall–Kier alpha value is -2.24. The fourth-order valence-corrected chi connectivity index (χ4v) is 1.28. The van der Waals surface area contributed by atoms with E-state index in [4.69, 9.17) is 17.2 Å². The molecule has 0 radical (unpaired) electrons. The van der Waals surface area contributed by atoms with Gasteiger partial charge in [0, 0.05) is 13.0 Å². The van der Waals surface area contributed by atoms with Crippen LogP contribution in [0, 0.1) is 0 Å². The molecule has 2 amide bonds. The number of carbonyl (C=O) groups is 2. The van der Waals surface area contributed by atoms with Gasteiger partial charge in [0.1, 0.15) is 0 Å². The van der Waals surface area contributed by atoms with Gasteiger partial charge in [0.15, 0.2) is 0 Å². The molecule has 0 aromatic heterocycles. The van der Waals surface area contributed by atoms with Crippen LogP contribution in [0.1, 0.15) is 16.8 Å². The van der Waals surface area contributed by atoms with Crippen molar-refractivity contribution in [3.8, 4) is 0 Å². The molecule has 86 valence electrons. The molecule has 16 heavy (non-hydrogen) atoms. The largest absolute Gasteiger partial charge is 0.397 e. The van der Waals surface area contributed by atoms with E-state index in [0.717, 1.165) is 0 Å². The van der Waals surface area contributed by atoms with Crippen molar-refractivity contribution in [1.82, 2.24) is 0 Å². The predicted octanol–water partition coefficient (Wildman–Crippen LogP) is -0.345. The zero-order valence-electron chi connectivity index (χ0n) is 8.69. The number of nitrogens with one attached hydrogen (secondary N) is 1. The number of hydrogen-bond acceptors (Lipinski definition) is 4. The summed E-state index contributed by atoms with van der Waals surface area (Å²) in [4.78, 5) is 21.7. The minimum absolute atomic E-state index is 0.159. The Labute approximate surface area is 92.8 Å². The number of benzene rings is 1. The van der Waals surface area contributed by atoms with E-state index in [-0.39, 0.29) is 6.42 Å². The van der Waals surface area contributed by atoms with Crippen LogP contribution in [0.3, 0.4) is 0 Å². The molecule has 1 rings (SSSR count).